The van der Waals surface area contributed by atoms with Crippen LogP contribution in [0.3, 0.4) is 0 Å². The minimum Gasteiger partial charge on any atom is -0.351 e. The van der Waals surface area contributed by atoms with Crippen LogP contribution in [0.4, 0.5) is 0 Å². The molecule has 0 atom stereocenters. The van der Waals surface area contributed by atoms with E-state index in [1.165, 1.54) is 48.2 Å². The lowest BCUT2D eigenvalue weighted by atomic mass is 9.97. The summed E-state index contributed by atoms with van der Waals surface area (Å²) in [6, 6.07) is 10.4. The Morgan fingerprint density at radius 2 is 2.12 bits per heavy atom. The third-order valence-electron chi connectivity index (χ3n) is 4.80. The van der Waals surface area contributed by atoms with Crippen LogP contribution in [0.15, 0.2) is 42.0 Å². The van der Waals surface area contributed by atoms with Crippen LogP contribution in [-0.4, -0.2) is 17.4 Å². The average molecular weight is 350 g/mol. The van der Waals surface area contributed by atoms with Gasteiger partial charge in [0.1, 0.15) is 4.83 Å². The summed E-state index contributed by atoms with van der Waals surface area (Å²) < 4.78 is 0. The van der Waals surface area contributed by atoms with Crippen molar-refractivity contribution in [3.8, 4) is 0 Å². The Labute approximate surface area is 151 Å². The zero-order chi connectivity index (χ0) is 17.2. The number of aromatic nitrogens is 1. The number of allylic oxidation sites excluding steroid dienone is 1. The number of carbonyl (C=O) groups excluding carboxylic acids is 1. The average Bonchev–Trinajstić information content (AvgIpc) is 3.03. The maximum absolute atomic E-state index is 12.5. The van der Waals surface area contributed by atoms with E-state index in [1.807, 2.05) is 6.07 Å². The number of nitrogens with zero attached hydrogens (tertiary/aromatic N) is 1. The first-order chi connectivity index (χ1) is 12.2. The number of hydrogen-bond acceptors (Lipinski definition) is 3. The summed E-state index contributed by atoms with van der Waals surface area (Å²) in [5.74, 6) is 0.0136. The van der Waals surface area contributed by atoms with Crippen molar-refractivity contribution in [3.05, 3.63) is 52.4 Å². The van der Waals surface area contributed by atoms with Gasteiger partial charge in [-0.15, -0.1) is 11.3 Å². The number of nitrogens with one attached hydrogen (secondary N) is 1. The number of carbonyl (C=O) groups is 1. The molecule has 4 heteroatoms. The molecule has 3 aromatic rings. The number of rotatable bonds is 4. The first-order valence-electron chi connectivity index (χ1n) is 8.96. The Hall–Kier alpha value is -2.20. The number of hydrogen-bond donors (Lipinski definition) is 1. The monoisotopic (exact) mass is 350 g/mol. The molecule has 2 aromatic heterocycles. The molecule has 2 heterocycles. The lowest BCUT2D eigenvalue weighted by Gasteiger charge is -2.12. The van der Waals surface area contributed by atoms with Gasteiger partial charge in [-0.05, 0) is 62.8 Å². The van der Waals surface area contributed by atoms with Gasteiger partial charge < -0.3 is 5.32 Å². The van der Waals surface area contributed by atoms with Crippen molar-refractivity contribution in [2.45, 2.75) is 39.0 Å². The van der Waals surface area contributed by atoms with Crippen molar-refractivity contribution in [2.75, 3.05) is 6.54 Å². The second kappa shape index (κ2) is 6.96. The molecule has 0 unspecified atom stereocenters. The van der Waals surface area contributed by atoms with Gasteiger partial charge in [-0.25, -0.2) is 4.98 Å². The van der Waals surface area contributed by atoms with Gasteiger partial charge in [-0.1, -0.05) is 23.8 Å². The normalized spacial score (nSPS) is 14.7. The van der Waals surface area contributed by atoms with Crippen molar-refractivity contribution in [2.24, 2.45) is 0 Å². The van der Waals surface area contributed by atoms with Gasteiger partial charge in [0.25, 0.3) is 5.91 Å². The highest BCUT2D eigenvalue weighted by molar-refractivity contribution is 7.20. The summed E-state index contributed by atoms with van der Waals surface area (Å²) in [5, 5.41) is 5.22. The molecule has 1 aromatic carbocycles. The lowest BCUT2D eigenvalue weighted by Crippen LogP contribution is -2.24. The van der Waals surface area contributed by atoms with Crippen molar-refractivity contribution < 1.29 is 4.79 Å². The van der Waals surface area contributed by atoms with E-state index in [-0.39, 0.29) is 5.91 Å². The zero-order valence-electron chi connectivity index (χ0n) is 14.5. The minimum absolute atomic E-state index is 0.0136. The molecular weight excluding hydrogens is 328 g/mol. The molecule has 25 heavy (non-hydrogen) atoms. The van der Waals surface area contributed by atoms with Crippen LogP contribution in [0.25, 0.3) is 21.1 Å². The molecule has 0 fully saturated rings. The Morgan fingerprint density at radius 3 is 2.96 bits per heavy atom. The minimum atomic E-state index is 0.0136. The van der Waals surface area contributed by atoms with Crippen LogP contribution >= 0.6 is 11.3 Å². The van der Waals surface area contributed by atoms with E-state index in [2.05, 4.69) is 42.6 Å². The van der Waals surface area contributed by atoms with E-state index >= 15 is 0 Å². The fourth-order valence-electron chi connectivity index (χ4n) is 3.40. The van der Waals surface area contributed by atoms with Crippen molar-refractivity contribution in [3.63, 3.8) is 0 Å². The topological polar surface area (TPSA) is 42.0 Å². The number of thiophene rings is 1. The molecule has 0 bridgehead atoms. The molecule has 1 amide bonds. The quantitative estimate of drug-likeness (QED) is 0.642. The smallest absolute Gasteiger partial charge is 0.261 e. The molecule has 0 saturated heterocycles. The van der Waals surface area contributed by atoms with Crippen LogP contribution in [0.1, 0.15) is 47.3 Å². The van der Waals surface area contributed by atoms with Crippen LogP contribution in [-0.2, 0) is 0 Å². The summed E-state index contributed by atoms with van der Waals surface area (Å²) in [6.07, 6.45) is 8.28. The Balaban J connectivity index is 1.49. The van der Waals surface area contributed by atoms with Crippen molar-refractivity contribution >= 4 is 38.4 Å². The van der Waals surface area contributed by atoms with Gasteiger partial charge in [0, 0.05) is 17.3 Å². The standard InChI is InChI=1S/C21H22N2OS/c1-14-7-8-16-12-17-13-19(25-21(17)23-18(16)11-14)20(24)22-10-9-15-5-3-2-4-6-15/h5,7-8,11-13H,2-4,6,9-10H2,1H3,(H,22,24). The SMILES string of the molecule is Cc1ccc2cc3cc(C(=O)NCCC4=CCCCC4)sc3nc2c1. The number of fused-ring (bicyclic) bond motifs is 2. The highest BCUT2D eigenvalue weighted by Crippen LogP contribution is 2.28. The summed E-state index contributed by atoms with van der Waals surface area (Å²) in [5.41, 5.74) is 3.68. The van der Waals surface area contributed by atoms with Crippen LogP contribution in [0.5, 0.6) is 0 Å². The first-order valence-corrected chi connectivity index (χ1v) is 9.78. The molecule has 0 saturated carbocycles. The first kappa shape index (κ1) is 16.3. The zero-order valence-corrected chi connectivity index (χ0v) is 15.3. The maximum atomic E-state index is 12.5. The van der Waals surface area contributed by atoms with Crippen LogP contribution < -0.4 is 5.32 Å². The Kier molecular flexibility index (Phi) is 4.53. The molecule has 1 aliphatic carbocycles. The van der Waals surface area contributed by atoms with Gasteiger partial charge in [0.15, 0.2) is 0 Å². The maximum Gasteiger partial charge on any atom is 0.261 e. The highest BCUT2D eigenvalue weighted by Gasteiger charge is 2.12. The molecule has 128 valence electrons. The Morgan fingerprint density at radius 1 is 1.20 bits per heavy atom. The largest absolute Gasteiger partial charge is 0.351 e. The van der Waals surface area contributed by atoms with Gasteiger partial charge in [-0.3, -0.25) is 4.79 Å². The number of amides is 1. The predicted molar refractivity (Wildman–Crippen MR) is 105 cm³/mol. The van der Waals surface area contributed by atoms with Gasteiger partial charge >= 0.3 is 0 Å². The molecule has 0 aliphatic heterocycles. The summed E-state index contributed by atoms with van der Waals surface area (Å²) in [6.45, 7) is 2.79. The van der Waals surface area contributed by atoms with E-state index in [0.717, 1.165) is 32.4 Å². The van der Waals surface area contributed by atoms with Gasteiger partial charge in [0.05, 0.1) is 10.4 Å². The van der Waals surface area contributed by atoms with Crippen LogP contribution in [0, 0.1) is 6.92 Å². The van der Waals surface area contributed by atoms with Crippen molar-refractivity contribution in [1.29, 1.82) is 0 Å². The van der Waals surface area contributed by atoms with E-state index in [0.29, 0.717) is 6.54 Å². The van der Waals surface area contributed by atoms with Crippen LogP contribution in [0.2, 0.25) is 0 Å². The number of aryl methyl sites for hydroxylation is 1. The highest BCUT2D eigenvalue weighted by atomic mass is 32.1. The van der Waals surface area contributed by atoms with Gasteiger partial charge in [0.2, 0.25) is 0 Å². The summed E-state index contributed by atoms with van der Waals surface area (Å²) in [4.78, 5) is 18.9. The van der Waals surface area contributed by atoms with E-state index in [1.54, 1.807) is 0 Å². The fourth-order valence-corrected chi connectivity index (χ4v) is 4.34. The lowest BCUT2D eigenvalue weighted by molar-refractivity contribution is 0.0958. The Bertz CT molecular complexity index is 971. The number of benzene rings is 1. The second-order valence-electron chi connectivity index (χ2n) is 6.80. The molecule has 4 rings (SSSR count). The molecule has 3 nitrogen and oxygen atoms in total. The fraction of sp³-hybridized carbons (Fsp3) is 0.333. The third kappa shape index (κ3) is 3.59. The second-order valence-corrected chi connectivity index (χ2v) is 7.83. The van der Waals surface area contributed by atoms with E-state index < -0.39 is 0 Å². The summed E-state index contributed by atoms with van der Waals surface area (Å²) in [7, 11) is 0. The summed E-state index contributed by atoms with van der Waals surface area (Å²) >= 11 is 1.47. The van der Waals surface area contributed by atoms with E-state index in [4.69, 9.17) is 4.98 Å². The molecular formula is C21H22N2OS. The molecule has 0 radical (unpaired) electrons. The van der Waals surface area contributed by atoms with E-state index in [9.17, 15) is 4.79 Å². The molecule has 1 aliphatic rings. The van der Waals surface area contributed by atoms with Gasteiger partial charge in [-0.2, -0.15) is 0 Å². The molecule has 0 spiro atoms. The third-order valence-corrected chi connectivity index (χ3v) is 5.84. The molecule has 1 N–H and O–H groups in total. The predicted octanol–water partition coefficient (Wildman–Crippen LogP) is 5.38. The number of pyridine rings is 1. The van der Waals surface area contributed by atoms with Crippen molar-refractivity contribution in [1.82, 2.24) is 10.3 Å².